The van der Waals surface area contributed by atoms with E-state index in [-0.39, 0.29) is 49.0 Å². The van der Waals surface area contributed by atoms with Crippen LogP contribution >= 0.6 is 24.0 Å². The lowest BCUT2D eigenvalue weighted by molar-refractivity contribution is -0.119. The third-order valence-corrected chi connectivity index (χ3v) is 4.31. The minimum Gasteiger partial charge on any atom is -0.396 e. The Morgan fingerprint density at radius 1 is 1.00 bits per heavy atom. The molecule has 0 spiro atoms. The summed E-state index contributed by atoms with van der Waals surface area (Å²) in [5, 5.41) is 18.9. The smallest absolute Gasteiger partial charge is 0.241 e. The molecule has 0 fully saturated rings. The Labute approximate surface area is 190 Å². The van der Waals surface area contributed by atoms with Crippen molar-refractivity contribution in [1.82, 2.24) is 16.0 Å². The first kappa shape index (κ1) is 24.9. The van der Waals surface area contributed by atoms with Crippen molar-refractivity contribution >= 4 is 35.8 Å². The van der Waals surface area contributed by atoms with Gasteiger partial charge in [-0.1, -0.05) is 60.7 Å². The number of carbonyl (C=O) groups excluding carboxylic acids is 1. The van der Waals surface area contributed by atoms with Crippen LogP contribution in [0.25, 0.3) is 0 Å². The Morgan fingerprint density at radius 3 is 2.28 bits per heavy atom. The molecule has 0 aromatic heterocycles. The summed E-state index contributed by atoms with van der Waals surface area (Å²) in [4.78, 5) is 16.4. The topological polar surface area (TPSA) is 85.8 Å². The Hall–Kier alpha value is -2.13. The van der Waals surface area contributed by atoms with Gasteiger partial charge in [-0.05, 0) is 24.5 Å². The predicted octanol–water partition coefficient (Wildman–Crippen LogP) is 2.29. The first-order valence-electron chi connectivity index (χ1n) is 9.71. The van der Waals surface area contributed by atoms with Gasteiger partial charge in [0, 0.05) is 25.6 Å². The first-order valence-corrected chi connectivity index (χ1v) is 9.71. The monoisotopic (exact) mass is 510 g/mol. The zero-order valence-electron chi connectivity index (χ0n) is 16.8. The van der Waals surface area contributed by atoms with Crippen LogP contribution in [0.3, 0.4) is 0 Å². The van der Waals surface area contributed by atoms with E-state index in [4.69, 9.17) is 0 Å². The molecule has 7 heteroatoms. The summed E-state index contributed by atoms with van der Waals surface area (Å²) in [6.45, 7) is 3.87. The summed E-state index contributed by atoms with van der Waals surface area (Å²) in [6, 6.07) is 19.9. The molecule has 0 saturated heterocycles. The van der Waals surface area contributed by atoms with E-state index in [1.54, 1.807) is 0 Å². The van der Waals surface area contributed by atoms with E-state index >= 15 is 0 Å². The number of carbonyl (C=O) groups is 1. The van der Waals surface area contributed by atoms with E-state index < -0.39 is 0 Å². The molecule has 0 aliphatic carbocycles. The quantitative estimate of drug-likeness (QED) is 0.225. The SMILES string of the molecule is CCNC(=NCC(=O)NCCc1ccccc1)NCC(CO)c1ccccc1.I. The lowest BCUT2D eigenvalue weighted by atomic mass is 10.0. The fraction of sp³-hybridized carbons (Fsp3) is 0.364. The molecular weight excluding hydrogens is 479 g/mol. The molecular formula is C22H31IN4O2. The largest absolute Gasteiger partial charge is 0.396 e. The van der Waals surface area contributed by atoms with Crippen LogP contribution in [-0.2, 0) is 11.2 Å². The number of amides is 1. The van der Waals surface area contributed by atoms with Gasteiger partial charge in [-0.15, -0.1) is 24.0 Å². The van der Waals surface area contributed by atoms with Gasteiger partial charge in [-0.3, -0.25) is 4.79 Å². The van der Waals surface area contributed by atoms with Crippen LogP contribution in [0.1, 0.15) is 24.0 Å². The van der Waals surface area contributed by atoms with E-state index in [0.29, 0.717) is 25.6 Å². The second-order valence-corrected chi connectivity index (χ2v) is 6.45. The minimum atomic E-state index is -0.116. The molecule has 0 aliphatic heterocycles. The van der Waals surface area contributed by atoms with Crippen LogP contribution in [0.5, 0.6) is 0 Å². The summed E-state index contributed by atoms with van der Waals surface area (Å²) in [7, 11) is 0. The number of benzene rings is 2. The molecule has 2 aromatic carbocycles. The van der Waals surface area contributed by atoms with Crippen LogP contribution in [0, 0.1) is 0 Å². The van der Waals surface area contributed by atoms with Gasteiger partial charge >= 0.3 is 0 Å². The molecule has 0 radical (unpaired) electrons. The zero-order chi connectivity index (χ0) is 20.0. The van der Waals surface area contributed by atoms with Crippen LogP contribution in [-0.4, -0.2) is 49.8 Å². The average Bonchev–Trinajstić information content (AvgIpc) is 2.74. The Morgan fingerprint density at radius 2 is 1.66 bits per heavy atom. The molecule has 0 aliphatic rings. The number of aliphatic imine (C=N–C) groups is 1. The molecule has 0 bridgehead atoms. The van der Waals surface area contributed by atoms with Gasteiger partial charge in [0.1, 0.15) is 6.54 Å². The highest BCUT2D eigenvalue weighted by molar-refractivity contribution is 14.0. The van der Waals surface area contributed by atoms with Crippen molar-refractivity contribution in [2.24, 2.45) is 4.99 Å². The summed E-state index contributed by atoms with van der Waals surface area (Å²) in [5.74, 6) is 0.412. The average molecular weight is 510 g/mol. The Bertz CT molecular complexity index is 726. The van der Waals surface area contributed by atoms with Gasteiger partial charge in [0.25, 0.3) is 0 Å². The number of halogens is 1. The maximum Gasteiger partial charge on any atom is 0.241 e. The van der Waals surface area contributed by atoms with Crippen molar-refractivity contribution in [3.05, 3.63) is 71.8 Å². The lowest BCUT2D eigenvalue weighted by Gasteiger charge is -2.18. The van der Waals surface area contributed by atoms with Crippen molar-refractivity contribution in [2.45, 2.75) is 19.3 Å². The summed E-state index contributed by atoms with van der Waals surface area (Å²) < 4.78 is 0. The number of hydrogen-bond acceptors (Lipinski definition) is 3. The van der Waals surface area contributed by atoms with E-state index in [1.807, 2.05) is 67.6 Å². The highest BCUT2D eigenvalue weighted by Crippen LogP contribution is 2.13. The first-order chi connectivity index (χ1) is 13.7. The molecule has 1 atom stereocenters. The number of guanidine groups is 1. The summed E-state index contributed by atoms with van der Waals surface area (Å²) >= 11 is 0. The fourth-order valence-corrected chi connectivity index (χ4v) is 2.77. The van der Waals surface area contributed by atoms with Crippen molar-refractivity contribution in [1.29, 1.82) is 0 Å². The molecule has 0 heterocycles. The number of nitrogens with zero attached hydrogens (tertiary/aromatic N) is 1. The molecule has 2 rings (SSSR count). The standard InChI is InChI=1S/C22H30N4O2.HI/c1-2-23-22(25-15-20(17-27)19-11-7-4-8-12-19)26-16-21(28)24-14-13-18-9-5-3-6-10-18;/h3-12,20,27H,2,13-17H2,1H3,(H,24,28)(H2,23,25,26);1H. The van der Waals surface area contributed by atoms with E-state index in [1.165, 1.54) is 5.56 Å². The zero-order valence-corrected chi connectivity index (χ0v) is 19.1. The molecule has 4 N–H and O–H groups in total. The second-order valence-electron chi connectivity index (χ2n) is 6.45. The highest BCUT2D eigenvalue weighted by Gasteiger charge is 2.11. The van der Waals surface area contributed by atoms with E-state index in [0.717, 1.165) is 12.0 Å². The maximum atomic E-state index is 12.0. The van der Waals surface area contributed by atoms with Crippen molar-refractivity contribution in [3.63, 3.8) is 0 Å². The van der Waals surface area contributed by atoms with Crippen LogP contribution < -0.4 is 16.0 Å². The van der Waals surface area contributed by atoms with Gasteiger partial charge in [0.15, 0.2) is 5.96 Å². The number of nitrogens with one attached hydrogen (secondary N) is 3. The van der Waals surface area contributed by atoms with Crippen LogP contribution in [0.2, 0.25) is 0 Å². The maximum absolute atomic E-state index is 12.0. The molecule has 6 nitrogen and oxygen atoms in total. The van der Waals surface area contributed by atoms with E-state index in [2.05, 4.69) is 20.9 Å². The van der Waals surface area contributed by atoms with Crippen molar-refractivity contribution in [2.75, 3.05) is 32.8 Å². The highest BCUT2D eigenvalue weighted by atomic mass is 127. The number of hydrogen-bond donors (Lipinski definition) is 4. The number of aliphatic hydroxyl groups excluding tert-OH is 1. The molecule has 0 saturated carbocycles. The predicted molar refractivity (Wildman–Crippen MR) is 129 cm³/mol. The number of aliphatic hydroxyl groups is 1. The third-order valence-electron chi connectivity index (χ3n) is 4.31. The van der Waals surface area contributed by atoms with Gasteiger partial charge < -0.3 is 21.1 Å². The number of rotatable bonds is 10. The third kappa shape index (κ3) is 9.76. The minimum absolute atomic E-state index is 0. The molecule has 1 unspecified atom stereocenters. The molecule has 2 aromatic rings. The van der Waals surface area contributed by atoms with Crippen molar-refractivity contribution in [3.8, 4) is 0 Å². The van der Waals surface area contributed by atoms with Gasteiger partial charge in [-0.2, -0.15) is 0 Å². The summed E-state index contributed by atoms with van der Waals surface area (Å²) in [5.41, 5.74) is 2.25. The van der Waals surface area contributed by atoms with E-state index in [9.17, 15) is 9.90 Å². The molecule has 158 valence electrons. The summed E-state index contributed by atoms with van der Waals surface area (Å²) in [6.07, 6.45) is 0.796. The molecule has 1 amide bonds. The normalized spacial score (nSPS) is 11.9. The van der Waals surface area contributed by atoms with Gasteiger partial charge in [0.05, 0.1) is 6.61 Å². The fourth-order valence-electron chi connectivity index (χ4n) is 2.77. The van der Waals surface area contributed by atoms with Crippen molar-refractivity contribution < 1.29 is 9.90 Å². The van der Waals surface area contributed by atoms with Crippen LogP contribution in [0.4, 0.5) is 0 Å². The van der Waals surface area contributed by atoms with Gasteiger partial charge in [-0.25, -0.2) is 4.99 Å². The van der Waals surface area contributed by atoms with Gasteiger partial charge in [0.2, 0.25) is 5.91 Å². The second kappa shape index (κ2) is 14.8. The van der Waals surface area contributed by atoms with Crippen LogP contribution in [0.15, 0.2) is 65.7 Å². The Balaban J connectivity index is 0.00000420. The lowest BCUT2D eigenvalue weighted by Crippen LogP contribution is -2.41. The molecule has 29 heavy (non-hydrogen) atoms. The Kier molecular flexibility index (Phi) is 12.7.